The molecule has 0 aliphatic carbocycles. The zero-order valence-electron chi connectivity index (χ0n) is 12.3. The molecule has 1 aromatic carbocycles. The Hall–Kier alpha value is -2.76. The van der Waals surface area contributed by atoms with Crippen molar-refractivity contribution in [3.8, 4) is 17.1 Å². The summed E-state index contributed by atoms with van der Waals surface area (Å²) in [6.45, 7) is 1.70. The van der Waals surface area contributed by atoms with Gasteiger partial charge in [0.25, 0.3) is 0 Å². The number of rotatable bonds is 2. The van der Waals surface area contributed by atoms with Gasteiger partial charge in [0.2, 0.25) is 0 Å². The van der Waals surface area contributed by atoms with Crippen LogP contribution >= 0.6 is 0 Å². The van der Waals surface area contributed by atoms with Gasteiger partial charge in [0.1, 0.15) is 29.9 Å². The summed E-state index contributed by atoms with van der Waals surface area (Å²) in [4.78, 5) is 25.0. The quantitative estimate of drug-likeness (QED) is 0.917. The lowest BCUT2D eigenvalue weighted by atomic mass is 10.1. The Bertz CT molecular complexity index is 841. The Labute approximate surface area is 131 Å². The van der Waals surface area contributed by atoms with E-state index in [1.165, 1.54) is 12.5 Å². The second-order valence-corrected chi connectivity index (χ2v) is 5.81. The zero-order chi connectivity index (χ0) is 16.0. The number of ether oxygens (including phenoxy) is 1. The number of carboxylic acid groups (broad SMARTS) is 1. The Morgan fingerprint density at radius 3 is 2.96 bits per heavy atom. The highest BCUT2D eigenvalue weighted by Crippen LogP contribution is 2.40. The van der Waals surface area contributed by atoms with E-state index in [4.69, 9.17) is 14.3 Å². The molecule has 0 radical (unpaired) electrons. The van der Waals surface area contributed by atoms with Crippen LogP contribution in [0.3, 0.4) is 0 Å². The summed E-state index contributed by atoms with van der Waals surface area (Å²) in [5.74, 6) is -0.195. The summed E-state index contributed by atoms with van der Waals surface area (Å²) in [5, 5.41) is 8.89. The molecule has 4 rings (SSSR count). The van der Waals surface area contributed by atoms with E-state index in [0.29, 0.717) is 24.0 Å². The van der Waals surface area contributed by atoms with Crippen molar-refractivity contribution in [1.82, 2.24) is 0 Å². The molecule has 0 saturated carbocycles. The van der Waals surface area contributed by atoms with E-state index in [1.54, 1.807) is 0 Å². The van der Waals surface area contributed by atoms with Crippen LogP contribution in [0.5, 0.6) is 5.75 Å². The normalized spacial score (nSPS) is 19.0. The van der Waals surface area contributed by atoms with Gasteiger partial charge >= 0.3 is 5.97 Å². The lowest BCUT2D eigenvalue weighted by Gasteiger charge is -2.33. The summed E-state index contributed by atoms with van der Waals surface area (Å²) < 4.78 is 11.2. The van der Waals surface area contributed by atoms with Crippen LogP contribution in [-0.4, -0.2) is 30.3 Å². The third-order valence-electron chi connectivity index (χ3n) is 4.42. The molecule has 2 aliphatic heterocycles. The van der Waals surface area contributed by atoms with Crippen molar-refractivity contribution in [3.63, 3.8) is 0 Å². The van der Waals surface area contributed by atoms with Crippen LogP contribution in [0.15, 0.2) is 39.7 Å². The third-order valence-corrected chi connectivity index (χ3v) is 4.42. The van der Waals surface area contributed by atoms with Crippen LogP contribution in [0.1, 0.15) is 23.2 Å². The van der Waals surface area contributed by atoms with Crippen molar-refractivity contribution in [3.05, 3.63) is 46.3 Å². The van der Waals surface area contributed by atoms with Crippen LogP contribution in [0, 0.1) is 0 Å². The van der Waals surface area contributed by atoms with E-state index in [9.17, 15) is 9.59 Å². The molecule has 0 amide bonds. The molecule has 3 heterocycles. The van der Waals surface area contributed by atoms with Crippen LogP contribution in [0.25, 0.3) is 11.3 Å². The van der Waals surface area contributed by atoms with E-state index >= 15 is 0 Å². The fourth-order valence-electron chi connectivity index (χ4n) is 3.25. The molecule has 0 spiro atoms. The lowest BCUT2D eigenvalue weighted by molar-refractivity contribution is 0.0693. The van der Waals surface area contributed by atoms with Gasteiger partial charge in [-0.2, -0.15) is 0 Å². The maximum absolute atomic E-state index is 11.8. The molecular weight excluding hydrogens is 298 g/mol. The zero-order valence-corrected chi connectivity index (χ0v) is 12.3. The predicted molar refractivity (Wildman–Crippen MR) is 83.2 cm³/mol. The van der Waals surface area contributed by atoms with Crippen molar-refractivity contribution in [2.75, 3.05) is 18.1 Å². The van der Waals surface area contributed by atoms with Gasteiger partial charge in [-0.3, -0.25) is 4.79 Å². The van der Waals surface area contributed by atoms with Gasteiger partial charge < -0.3 is 19.2 Å². The minimum absolute atomic E-state index is 0.329. The highest BCUT2D eigenvalue weighted by molar-refractivity contribution is 5.87. The standard InChI is InChI=1S/C17H15NO5/c19-14-7-15(23-9-12(14)17(20)21)10-3-4-13-16(6-10)22-8-11-2-1-5-18(11)13/h3-4,6-7,9,11H,1-2,5,8H2,(H,20,21)/t11-/m1/s1. The van der Waals surface area contributed by atoms with E-state index in [-0.39, 0.29) is 5.56 Å². The molecule has 1 aromatic heterocycles. The van der Waals surface area contributed by atoms with Crippen LogP contribution < -0.4 is 15.1 Å². The Morgan fingerprint density at radius 2 is 2.17 bits per heavy atom. The van der Waals surface area contributed by atoms with E-state index in [2.05, 4.69) is 4.90 Å². The topological polar surface area (TPSA) is 80.0 Å². The summed E-state index contributed by atoms with van der Waals surface area (Å²) in [5.41, 5.74) is 0.808. The van der Waals surface area contributed by atoms with E-state index in [0.717, 1.165) is 30.7 Å². The van der Waals surface area contributed by atoms with Gasteiger partial charge in [0, 0.05) is 18.2 Å². The monoisotopic (exact) mass is 313 g/mol. The molecule has 0 unspecified atom stereocenters. The molecule has 1 N–H and O–H groups in total. The molecule has 1 atom stereocenters. The van der Waals surface area contributed by atoms with Crippen LogP contribution in [-0.2, 0) is 0 Å². The number of anilines is 1. The maximum atomic E-state index is 11.8. The summed E-state index contributed by atoms with van der Waals surface area (Å²) in [6.07, 6.45) is 3.30. The first kappa shape index (κ1) is 13.9. The maximum Gasteiger partial charge on any atom is 0.342 e. The van der Waals surface area contributed by atoms with Gasteiger partial charge in [-0.1, -0.05) is 0 Å². The van der Waals surface area contributed by atoms with Crippen molar-refractivity contribution >= 4 is 11.7 Å². The molecule has 2 aliphatic rings. The molecule has 118 valence electrons. The highest BCUT2D eigenvalue weighted by atomic mass is 16.5. The fourth-order valence-corrected chi connectivity index (χ4v) is 3.25. The first-order valence-corrected chi connectivity index (χ1v) is 7.53. The number of carbonyl (C=O) groups is 1. The number of nitrogens with zero attached hydrogens (tertiary/aromatic N) is 1. The number of aromatic carboxylic acids is 1. The molecule has 1 saturated heterocycles. The van der Waals surface area contributed by atoms with Gasteiger partial charge in [-0.05, 0) is 31.0 Å². The summed E-state index contributed by atoms with van der Waals surface area (Å²) in [7, 11) is 0. The number of benzene rings is 1. The van der Waals surface area contributed by atoms with Gasteiger partial charge in [-0.25, -0.2) is 4.79 Å². The fraction of sp³-hybridized carbons (Fsp3) is 0.294. The van der Waals surface area contributed by atoms with E-state index < -0.39 is 11.4 Å². The molecule has 23 heavy (non-hydrogen) atoms. The number of fused-ring (bicyclic) bond motifs is 3. The predicted octanol–water partition coefficient (Wildman–Crippen LogP) is 2.37. The number of hydrogen-bond acceptors (Lipinski definition) is 5. The summed E-state index contributed by atoms with van der Waals surface area (Å²) in [6, 6.07) is 7.31. The van der Waals surface area contributed by atoms with Gasteiger partial charge in [0.05, 0.1) is 11.7 Å². The van der Waals surface area contributed by atoms with Crippen molar-refractivity contribution in [2.24, 2.45) is 0 Å². The Balaban J connectivity index is 1.72. The number of carboxylic acids is 1. The minimum Gasteiger partial charge on any atom is -0.489 e. The molecular formula is C17H15NO5. The summed E-state index contributed by atoms with van der Waals surface area (Å²) >= 11 is 0. The second-order valence-electron chi connectivity index (χ2n) is 5.81. The largest absolute Gasteiger partial charge is 0.489 e. The average Bonchev–Trinajstić information content (AvgIpc) is 3.02. The van der Waals surface area contributed by atoms with E-state index in [1.807, 2.05) is 18.2 Å². The highest BCUT2D eigenvalue weighted by Gasteiger charge is 2.31. The first-order chi connectivity index (χ1) is 11.1. The van der Waals surface area contributed by atoms with Gasteiger partial charge in [-0.15, -0.1) is 0 Å². The smallest absolute Gasteiger partial charge is 0.342 e. The molecule has 6 nitrogen and oxygen atoms in total. The van der Waals surface area contributed by atoms with Crippen molar-refractivity contribution in [1.29, 1.82) is 0 Å². The minimum atomic E-state index is -1.29. The second kappa shape index (κ2) is 5.15. The molecule has 1 fully saturated rings. The first-order valence-electron chi connectivity index (χ1n) is 7.53. The molecule has 0 bridgehead atoms. The Kier molecular flexibility index (Phi) is 3.11. The van der Waals surface area contributed by atoms with Crippen molar-refractivity contribution < 1.29 is 19.1 Å². The average molecular weight is 313 g/mol. The van der Waals surface area contributed by atoms with Crippen LogP contribution in [0.4, 0.5) is 5.69 Å². The Morgan fingerprint density at radius 1 is 1.30 bits per heavy atom. The van der Waals surface area contributed by atoms with Gasteiger partial charge in [0.15, 0.2) is 5.43 Å². The third kappa shape index (κ3) is 2.27. The number of hydrogen-bond donors (Lipinski definition) is 1. The lowest BCUT2D eigenvalue weighted by Crippen LogP contribution is -2.37. The van der Waals surface area contributed by atoms with Crippen molar-refractivity contribution in [2.45, 2.75) is 18.9 Å². The molecule has 2 aromatic rings. The van der Waals surface area contributed by atoms with Crippen LogP contribution in [0.2, 0.25) is 0 Å². The SMILES string of the molecule is O=C(O)c1coc(-c2ccc3c(c2)OC[C@H]2CCCN32)cc1=O. The molecule has 6 heteroatoms.